The molecule has 0 saturated carbocycles. The highest BCUT2D eigenvalue weighted by molar-refractivity contribution is 6.13. The standard InChI is InChI=1S/C7H14ClNO3/c1-2-3-4-5(9-8)6(10)7(11)12/h5-6,9-10H,2-4H2,1H3,(H,11,12)/t5-,6+/m0/s1. The van der Waals surface area contributed by atoms with Gasteiger partial charge in [-0.2, -0.15) is 0 Å². The fourth-order valence-corrected chi connectivity index (χ4v) is 1.10. The monoisotopic (exact) mass is 195 g/mol. The number of aliphatic carboxylic acids is 1. The van der Waals surface area contributed by atoms with Gasteiger partial charge < -0.3 is 10.2 Å². The molecule has 4 nitrogen and oxygen atoms in total. The number of aliphatic hydroxyl groups excluding tert-OH is 1. The molecule has 0 heterocycles. The number of rotatable bonds is 6. The number of unbranched alkanes of at least 4 members (excludes halogenated alkanes) is 1. The van der Waals surface area contributed by atoms with Gasteiger partial charge in [0, 0.05) is 0 Å². The van der Waals surface area contributed by atoms with Gasteiger partial charge in [0.05, 0.1) is 6.04 Å². The molecule has 0 aromatic heterocycles. The van der Waals surface area contributed by atoms with Gasteiger partial charge in [-0.1, -0.05) is 19.8 Å². The van der Waals surface area contributed by atoms with Crippen LogP contribution in [0.15, 0.2) is 0 Å². The molecular formula is C7H14ClNO3. The Bertz CT molecular complexity index is 143. The molecular weight excluding hydrogens is 182 g/mol. The molecule has 0 saturated heterocycles. The smallest absolute Gasteiger partial charge is 0.334 e. The third-order valence-electron chi connectivity index (χ3n) is 1.64. The van der Waals surface area contributed by atoms with E-state index >= 15 is 0 Å². The maximum atomic E-state index is 10.3. The zero-order chi connectivity index (χ0) is 9.56. The number of halogens is 1. The highest BCUT2D eigenvalue weighted by Crippen LogP contribution is 2.06. The molecule has 0 bridgehead atoms. The summed E-state index contributed by atoms with van der Waals surface area (Å²) in [5, 5.41) is 17.5. The molecule has 0 rings (SSSR count). The molecule has 3 N–H and O–H groups in total. The SMILES string of the molecule is CCCC[C@H](NCl)[C@@H](O)C(=O)O. The minimum absolute atomic E-state index is 0.563. The van der Waals surface area contributed by atoms with E-state index < -0.39 is 18.1 Å². The van der Waals surface area contributed by atoms with Crippen molar-refractivity contribution in [1.82, 2.24) is 4.84 Å². The molecule has 0 aliphatic rings. The lowest BCUT2D eigenvalue weighted by Gasteiger charge is -2.16. The Balaban J connectivity index is 3.87. The van der Waals surface area contributed by atoms with E-state index in [1.807, 2.05) is 6.92 Å². The second kappa shape index (κ2) is 6.22. The van der Waals surface area contributed by atoms with E-state index in [0.29, 0.717) is 6.42 Å². The van der Waals surface area contributed by atoms with E-state index in [-0.39, 0.29) is 0 Å². The van der Waals surface area contributed by atoms with Gasteiger partial charge in [0.25, 0.3) is 0 Å². The molecule has 0 unspecified atom stereocenters. The first kappa shape index (κ1) is 11.7. The van der Waals surface area contributed by atoms with Crippen molar-refractivity contribution in [2.75, 3.05) is 0 Å². The Morgan fingerprint density at radius 2 is 2.25 bits per heavy atom. The van der Waals surface area contributed by atoms with Crippen molar-refractivity contribution >= 4 is 17.7 Å². The average molecular weight is 196 g/mol. The van der Waals surface area contributed by atoms with Crippen molar-refractivity contribution in [2.45, 2.75) is 38.3 Å². The summed E-state index contributed by atoms with van der Waals surface area (Å²) in [6.07, 6.45) is 0.929. The fraction of sp³-hybridized carbons (Fsp3) is 0.857. The summed E-state index contributed by atoms with van der Waals surface area (Å²) >= 11 is 5.27. The minimum atomic E-state index is -1.42. The molecule has 0 amide bonds. The Morgan fingerprint density at radius 1 is 1.67 bits per heavy atom. The van der Waals surface area contributed by atoms with E-state index in [9.17, 15) is 4.79 Å². The predicted molar refractivity (Wildman–Crippen MR) is 45.9 cm³/mol. The van der Waals surface area contributed by atoms with Crippen molar-refractivity contribution in [1.29, 1.82) is 0 Å². The van der Waals surface area contributed by atoms with Crippen LogP contribution in [0.3, 0.4) is 0 Å². The van der Waals surface area contributed by atoms with Crippen molar-refractivity contribution < 1.29 is 15.0 Å². The Hall–Kier alpha value is -0.320. The van der Waals surface area contributed by atoms with Crippen molar-refractivity contribution in [3.63, 3.8) is 0 Å². The lowest BCUT2D eigenvalue weighted by Crippen LogP contribution is -2.40. The second-order valence-corrected chi connectivity index (χ2v) is 2.86. The van der Waals surface area contributed by atoms with Crippen LogP contribution < -0.4 is 4.84 Å². The number of hydrogen-bond donors (Lipinski definition) is 3. The van der Waals surface area contributed by atoms with Gasteiger partial charge >= 0.3 is 5.97 Å². The Morgan fingerprint density at radius 3 is 2.58 bits per heavy atom. The zero-order valence-electron chi connectivity index (χ0n) is 6.96. The molecule has 0 fully saturated rings. The molecule has 0 aliphatic carbocycles. The van der Waals surface area contributed by atoms with E-state index in [4.69, 9.17) is 22.0 Å². The van der Waals surface area contributed by atoms with Crippen molar-refractivity contribution in [2.24, 2.45) is 0 Å². The fourth-order valence-electron chi connectivity index (χ4n) is 0.868. The molecule has 0 radical (unpaired) electrons. The predicted octanol–water partition coefficient (Wildman–Crippen LogP) is 0.734. The van der Waals surface area contributed by atoms with E-state index in [1.54, 1.807) is 0 Å². The first-order valence-corrected chi connectivity index (χ1v) is 4.28. The van der Waals surface area contributed by atoms with Crippen LogP contribution in [0.1, 0.15) is 26.2 Å². The van der Waals surface area contributed by atoms with Gasteiger partial charge in [0.2, 0.25) is 0 Å². The summed E-state index contributed by atoms with van der Waals surface area (Å²) in [4.78, 5) is 12.6. The van der Waals surface area contributed by atoms with Gasteiger partial charge in [-0.25, -0.2) is 9.63 Å². The maximum absolute atomic E-state index is 10.3. The lowest BCUT2D eigenvalue weighted by molar-refractivity contribution is -0.148. The van der Waals surface area contributed by atoms with E-state index in [0.717, 1.165) is 12.8 Å². The van der Waals surface area contributed by atoms with Crippen molar-refractivity contribution in [3.05, 3.63) is 0 Å². The summed E-state index contributed by atoms with van der Waals surface area (Å²) in [5.74, 6) is -1.25. The largest absolute Gasteiger partial charge is 0.479 e. The van der Waals surface area contributed by atoms with E-state index in [2.05, 4.69) is 4.84 Å². The van der Waals surface area contributed by atoms with Crippen LogP contribution in [0.2, 0.25) is 0 Å². The molecule has 5 heteroatoms. The van der Waals surface area contributed by atoms with Crippen LogP contribution in [-0.4, -0.2) is 28.3 Å². The molecule has 72 valence electrons. The van der Waals surface area contributed by atoms with Gasteiger partial charge in [-0.05, 0) is 18.2 Å². The number of nitrogens with one attached hydrogen (secondary N) is 1. The van der Waals surface area contributed by atoms with Crippen LogP contribution >= 0.6 is 11.8 Å². The molecule has 0 spiro atoms. The molecule has 0 aromatic rings. The number of carboxylic acid groups (broad SMARTS) is 1. The summed E-state index contributed by atoms with van der Waals surface area (Å²) < 4.78 is 0. The van der Waals surface area contributed by atoms with Gasteiger partial charge in [0.1, 0.15) is 0 Å². The zero-order valence-corrected chi connectivity index (χ0v) is 7.71. The molecule has 0 aliphatic heterocycles. The summed E-state index contributed by atoms with van der Waals surface area (Å²) in [5.41, 5.74) is 0. The van der Waals surface area contributed by atoms with Crippen LogP contribution in [0.25, 0.3) is 0 Å². The lowest BCUT2D eigenvalue weighted by atomic mass is 10.1. The number of carbonyl (C=O) groups is 1. The second-order valence-electron chi connectivity index (χ2n) is 2.64. The van der Waals surface area contributed by atoms with Gasteiger partial charge in [-0.3, -0.25) is 0 Å². The molecule has 12 heavy (non-hydrogen) atoms. The topological polar surface area (TPSA) is 69.6 Å². The van der Waals surface area contributed by atoms with Crippen molar-refractivity contribution in [3.8, 4) is 0 Å². The Labute approximate surface area is 76.6 Å². The van der Waals surface area contributed by atoms with Crippen LogP contribution in [0.5, 0.6) is 0 Å². The number of carboxylic acids is 1. The first-order valence-electron chi connectivity index (χ1n) is 3.90. The average Bonchev–Trinajstić information content (AvgIpc) is 2.05. The quantitative estimate of drug-likeness (QED) is 0.547. The van der Waals surface area contributed by atoms with Gasteiger partial charge in [0.15, 0.2) is 6.10 Å². The van der Waals surface area contributed by atoms with Crippen LogP contribution in [0.4, 0.5) is 0 Å². The minimum Gasteiger partial charge on any atom is -0.479 e. The summed E-state index contributed by atoms with van der Waals surface area (Å²) in [6, 6.07) is -0.566. The molecule has 2 atom stereocenters. The third kappa shape index (κ3) is 3.90. The molecule has 0 aromatic carbocycles. The highest BCUT2D eigenvalue weighted by atomic mass is 35.5. The number of aliphatic hydroxyl groups is 1. The van der Waals surface area contributed by atoms with Crippen LogP contribution in [0, 0.1) is 0 Å². The van der Waals surface area contributed by atoms with E-state index in [1.165, 1.54) is 0 Å². The Kier molecular flexibility index (Phi) is 6.06. The third-order valence-corrected chi connectivity index (χ3v) is 1.92. The maximum Gasteiger partial charge on any atom is 0.334 e. The summed E-state index contributed by atoms with van der Waals surface area (Å²) in [6.45, 7) is 1.98. The number of hydrogen-bond acceptors (Lipinski definition) is 3. The summed E-state index contributed by atoms with van der Waals surface area (Å²) in [7, 11) is 0. The normalized spacial score (nSPS) is 15.6. The van der Waals surface area contributed by atoms with Gasteiger partial charge in [-0.15, -0.1) is 0 Å². The highest BCUT2D eigenvalue weighted by Gasteiger charge is 2.23. The van der Waals surface area contributed by atoms with Crippen LogP contribution in [-0.2, 0) is 4.79 Å². The first-order chi connectivity index (χ1) is 5.63.